The minimum atomic E-state index is -0.0954. The Morgan fingerprint density at radius 3 is 2.88 bits per heavy atom. The molecule has 1 aromatic carbocycles. The van der Waals surface area contributed by atoms with E-state index in [-0.39, 0.29) is 29.8 Å². The number of hydrogen-bond acceptors (Lipinski definition) is 5. The van der Waals surface area contributed by atoms with Crippen molar-refractivity contribution in [2.24, 2.45) is 5.92 Å². The van der Waals surface area contributed by atoms with Crippen molar-refractivity contribution in [1.82, 2.24) is 0 Å². The molecule has 2 rings (SSSR count). The lowest BCUT2D eigenvalue weighted by atomic mass is 10.1. The highest BCUT2D eigenvalue weighted by molar-refractivity contribution is 8.00. The Bertz CT molecular complexity index is 561. The van der Waals surface area contributed by atoms with Gasteiger partial charge in [0.05, 0.1) is 19.1 Å². The van der Waals surface area contributed by atoms with E-state index in [1.807, 2.05) is 0 Å². The van der Waals surface area contributed by atoms with Gasteiger partial charge in [0.1, 0.15) is 5.75 Å². The van der Waals surface area contributed by atoms with E-state index in [1.54, 1.807) is 11.8 Å². The molecular formula is C20H30O4S. The van der Waals surface area contributed by atoms with Crippen LogP contribution in [0.3, 0.4) is 0 Å². The molecule has 25 heavy (non-hydrogen) atoms. The SMILES string of the molecule is COC(=O)C1CCCC1Sc1ccc(C)cc1O[C@H](C)CCCCO. The van der Waals surface area contributed by atoms with E-state index in [1.165, 1.54) is 7.11 Å². The van der Waals surface area contributed by atoms with Gasteiger partial charge in [-0.05, 0) is 63.6 Å². The zero-order chi connectivity index (χ0) is 18.2. The highest BCUT2D eigenvalue weighted by atomic mass is 32.2. The number of carbonyl (C=O) groups excluding carboxylic acids is 1. The third kappa shape index (κ3) is 5.93. The first kappa shape index (κ1) is 20.1. The smallest absolute Gasteiger partial charge is 0.309 e. The Labute approximate surface area is 155 Å². The van der Waals surface area contributed by atoms with Crippen molar-refractivity contribution in [3.05, 3.63) is 23.8 Å². The van der Waals surface area contributed by atoms with Crippen molar-refractivity contribution in [3.8, 4) is 5.75 Å². The molecule has 1 aliphatic rings. The lowest BCUT2D eigenvalue weighted by Crippen LogP contribution is -2.22. The largest absolute Gasteiger partial charge is 0.490 e. The van der Waals surface area contributed by atoms with E-state index >= 15 is 0 Å². The van der Waals surface area contributed by atoms with Gasteiger partial charge in [-0.25, -0.2) is 0 Å². The summed E-state index contributed by atoms with van der Waals surface area (Å²) in [6.45, 7) is 4.36. The van der Waals surface area contributed by atoms with Crippen molar-refractivity contribution >= 4 is 17.7 Å². The number of rotatable bonds is 9. The third-order valence-corrected chi connectivity index (χ3v) is 6.14. The van der Waals surface area contributed by atoms with Crippen LogP contribution in [0.15, 0.2) is 23.1 Å². The lowest BCUT2D eigenvalue weighted by molar-refractivity contribution is -0.144. The Hall–Kier alpha value is -1.20. The van der Waals surface area contributed by atoms with E-state index in [0.717, 1.165) is 54.7 Å². The number of unbranched alkanes of at least 4 members (excludes halogenated alkanes) is 1. The van der Waals surface area contributed by atoms with Crippen molar-refractivity contribution in [2.45, 2.75) is 68.6 Å². The van der Waals surface area contributed by atoms with Gasteiger partial charge >= 0.3 is 5.97 Å². The Balaban J connectivity index is 2.06. The topological polar surface area (TPSA) is 55.8 Å². The first-order valence-electron chi connectivity index (χ1n) is 9.17. The molecule has 1 aromatic rings. The average molecular weight is 367 g/mol. The van der Waals surface area contributed by atoms with Gasteiger partial charge in [-0.1, -0.05) is 12.5 Å². The minimum absolute atomic E-state index is 0.0221. The molecule has 5 heteroatoms. The van der Waals surface area contributed by atoms with Gasteiger partial charge in [0.25, 0.3) is 0 Å². The summed E-state index contributed by atoms with van der Waals surface area (Å²) < 4.78 is 11.2. The molecule has 0 heterocycles. The molecule has 0 saturated heterocycles. The Kier molecular flexibility index (Phi) is 8.10. The number of methoxy groups -OCH3 is 1. The first-order chi connectivity index (χ1) is 12.0. The molecule has 3 atom stereocenters. The van der Waals surface area contributed by atoms with E-state index in [2.05, 4.69) is 32.0 Å². The quantitative estimate of drug-likeness (QED) is 0.520. The van der Waals surface area contributed by atoms with Crippen molar-refractivity contribution in [2.75, 3.05) is 13.7 Å². The maximum atomic E-state index is 12.0. The standard InChI is InChI=1S/C20H30O4S/c1-14-10-11-19(17(13-14)24-15(2)7-4-5-12-21)25-18-9-6-8-16(18)20(22)23-3/h10-11,13,15-16,18,21H,4-9,12H2,1-3H3/t15-,16?,18?/m1/s1. The first-order valence-corrected chi connectivity index (χ1v) is 10.1. The van der Waals surface area contributed by atoms with Gasteiger partial charge in [0.2, 0.25) is 0 Å². The normalized spacial score (nSPS) is 21.1. The number of ether oxygens (including phenoxy) is 2. The van der Waals surface area contributed by atoms with Crippen LogP contribution in [0.2, 0.25) is 0 Å². The maximum Gasteiger partial charge on any atom is 0.309 e. The van der Waals surface area contributed by atoms with Crippen LogP contribution < -0.4 is 4.74 Å². The summed E-state index contributed by atoms with van der Waals surface area (Å²) in [5, 5.41) is 9.17. The monoisotopic (exact) mass is 366 g/mol. The van der Waals surface area contributed by atoms with Gasteiger partial charge in [0, 0.05) is 16.8 Å². The molecule has 1 fully saturated rings. The van der Waals surface area contributed by atoms with Crippen molar-refractivity contribution < 1.29 is 19.4 Å². The molecule has 4 nitrogen and oxygen atoms in total. The highest BCUT2D eigenvalue weighted by Crippen LogP contribution is 2.43. The van der Waals surface area contributed by atoms with Crippen LogP contribution in [0.25, 0.3) is 0 Å². The number of aliphatic hydroxyl groups excluding tert-OH is 1. The molecule has 140 valence electrons. The van der Waals surface area contributed by atoms with Gasteiger partial charge < -0.3 is 14.6 Å². The summed E-state index contributed by atoms with van der Waals surface area (Å²) in [5.74, 6) is 0.782. The summed E-state index contributed by atoms with van der Waals surface area (Å²) in [6, 6.07) is 6.27. The van der Waals surface area contributed by atoms with E-state index in [9.17, 15) is 4.79 Å². The summed E-state index contributed by atoms with van der Waals surface area (Å²) in [5.41, 5.74) is 1.16. The summed E-state index contributed by atoms with van der Waals surface area (Å²) >= 11 is 1.74. The number of aryl methyl sites for hydroxylation is 1. The molecular weight excluding hydrogens is 336 g/mol. The second-order valence-corrected chi connectivity index (χ2v) is 8.10. The minimum Gasteiger partial charge on any atom is -0.490 e. The fourth-order valence-corrected chi connectivity index (χ4v) is 4.67. The molecule has 0 bridgehead atoms. The number of benzene rings is 1. The van der Waals surface area contributed by atoms with Crippen LogP contribution in [0.1, 0.15) is 51.0 Å². The van der Waals surface area contributed by atoms with Gasteiger partial charge in [0.15, 0.2) is 0 Å². The van der Waals surface area contributed by atoms with E-state index in [4.69, 9.17) is 14.6 Å². The molecule has 0 radical (unpaired) electrons. The molecule has 1 saturated carbocycles. The van der Waals surface area contributed by atoms with Crippen LogP contribution >= 0.6 is 11.8 Å². The van der Waals surface area contributed by atoms with Crippen LogP contribution in [0.5, 0.6) is 5.75 Å². The number of thioether (sulfide) groups is 1. The summed E-state index contributed by atoms with van der Waals surface area (Å²) in [4.78, 5) is 13.1. The summed E-state index contributed by atoms with van der Waals surface area (Å²) in [7, 11) is 1.47. The lowest BCUT2D eigenvalue weighted by Gasteiger charge is -2.21. The van der Waals surface area contributed by atoms with Crippen LogP contribution in [0.4, 0.5) is 0 Å². The third-order valence-electron chi connectivity index (χ3n) is 4.68. The van der Waals surface area contributed by atoms with Gasteiger partial charge in [-0.3, -0.25) is 4.79 Å². The molecule has 0 spiro atoms. The van der Waals surface area contributed by atoms with E-state index in [0.29, 0.717) is 0 Å². The van der Waals surface area contributed by atoms with Gasteiger partial charge in [-0.15, -0.1) is 11.8 Å². The number of hydrogen-bond donors (Lipinski definition) is 1. The average Bonchev–Trinajstić information content (AvgIpc) is 3.05. The molecule has 0 aromatic heterocycles. The van der Waals surface area contributed by atoms with Gasteiger partial charge in [-0.2, -0.15) is 0 Å². The zero-order valence-corrected chi connectivity index (χ0v) is 16.3. The number of aliphatic hydroxyl groups is 1. The fourth-order valence-electron chi connectivity index (χ4n) is 3.28. The molecule has 1 aliphatic carbocycles. The zero-order valence-electron chi connectivity index (χ0n) is 15.5. The maximum absolute atomic E-state index is 12.0. The number of carbonyl (C=O) groups is 1. The Morgan fingerprint density at radius 2 is 2.16 bits per heavy atom. The van der Waals surface area contributed by atoms with Crippen molar-refractivity contribution in [1.29, 1.82) is 0 Å². The summed E-state index contributed by atoms with van der Waals surface area (Å²) in [6.07, 6.45) is 5.80. The predicted molar refractivity (Wildman–Crippen MR) is 101 cm³/mol. The fraction of sp³-hybridized carbons (Fsp3) is 0.650. The second kappa shape index (κ2) is 10.1. The molecule has 1 N–H and O–H groups in total. The predicted octanol–water partition coefficient (Wildman–Crippen LogP) is 4.36. The van der Waals surface area contributed by atoms with Crippen molar-refractivity contribution in [3.63, 3.8) is 0 Å². The number of esters is 1. The van der Waals surface area contributed by atoms with E-state index < -0.39 is 0 Å². The highest BCUT2D eigenvalue weighted by Gasteiger charge is 2.35. The Morgan fingerprint density at radius 1 is 1.36 bits per heavy atom. The second-order valence-electron chi connectivity index (χ2n) is 6.81. The van der Waals surface area contributed by atoms with Crippen LogP contribution in [-0.2, 0) is 9.53 Å². The molecule has 0 aliphatic heterocycles. The molecule has 2 unspecified atom stereocenters. The van der Waals surface area contributed by atoms with Crippen LogP contribution in [-0.4, -0.2) is 36.1 Å². The molecule has 0 amide bonds. The van der Waals surface area contributed by atoms with Crippen LogP contribution in [0, 0.1) is 12.8 Å².